The van der Waals surface area contributed by atoms with Gasteiger partial charge < -0.3 is 18.9 Å². The molecule has 2 fully saturated rings. The molecule has 8 nitrogen and oxygen atoms in total. The molecule has 2 atom stereocenters. The molecule has 0 N–H and O–H groups in total. The molecular formula is C23H25NO7S. The van der Waals surface area contributed by atoms with Crippen LogP contribution in [0.1, 0.15) is 32.3 Å². The van der Waals surface area contributed by atoms with Crippen LogP contribution in [0.4, 0.5) is 0 Å². The van der Waals surface area contributed by atoms with Gasteiger partial charge in [0.1, 0.15) is 30.0 Å². The topological polar surface area (TPSA) is 91.4 Å². The molecule has 1 amide bonds. The Morgan fingerprint density at radius 1 is 1.19 bits per heavy atom. The van der Waals surface area contributed by atoms with Crippen LogP contribution in [0.2, 0.25) is 0 Å². The van der Waals surface area contributed by atoms with E-state index in [9.17, 15) is 14.4 Å². The zero-order valence-electron chi connectivity index (χ0n) is 18.2. The standard InChI is InChI=1S/C23H25NO7S/c1-13(11-30-14(2)25)18-21(26)24-19(20(32-22(18)24)17-5-4-10-29-17)23(27)31-12-15-6-8-16(28-3)9-7-15/h6-9,17,22H,4-5,10-12H2,1-3H3/t17-,22+/m0/s1. The van der Waals surface area contributed by atoms with Crippen molar-refractivity contribution in [2.24, 2.45) is 0 Å². The molecule has 0 aromatic heterocycles. The van der Waals surface area contributed by atoms with Crippen LogP contribution in [0.25, 0.3) is 0 Å². The number of nitrogens with zero attached hydrogens (tertiary/aromatic N) is 1. The lowest BCUT2D eigenvalue weighted by Gasteiger charge is -2.38. The highest BCUT2D eigenvalue weighted by Crippen LogP contribution is 2.52. The van der Waals surface area contributed by atoms with E-state index in [2.05, 4.69) is 0 Å². The normalized spacial score (nSPS) is 23.6. The maximum Gasteiger partial charge on any atom is 0.356 e. The molecule has 170 valence electrons. The number of carbonyl (C=O) groups is 3. The zero-order valence-corrected chi connectivity index (χ0v) is 19.0. The largest absolute Gasteiger partial charge is 0.497 e. The van der Waals surface area contributed by atoms with Crippen molar-refractivity contribution in [2.45, 2.75) is 44.8 Å². The van der Waals surface area contributed by atoms with Gasteiger partial charge in [0.25, 0.3) is 5.91 Å². The first kappa shape index (κ1) is 22.4. The number of amides is 1. The Bertz CT molecular complexity index is 992. The van der Waals surface area contributed by atoms with Crippen LogP contribution in [-0.4, -0.2) is 54.5 Å². The molecule has 0 saturated carbocycles. The Balaban J connectivity index is 1.53. The summed E-state index contributed by atoms with van der Waals surface area (Å²) in [4.78, 5) is 39.4. The fraction of sp³-hybridized carbons (Fsp3) is 0.435. The van der Waals surface area contributed by atoms with Crippen molar-refractivity contribution in [1.29, 1.82) is 0 Å². The maximum absolute atomic E-state index is 13.1. The molecule has 32 heavy (non-hydrogen) atoms. The van der Waals surface area contributed by atoms with E-state index in [1.54, 1.807) is 26.2 Å². The predicted octanol–water partition coefficient (Wildman–Crippen LogP) is 2.92. The van der Waals surface area contributed by atoms with Gasteiger partial charge in [-0.15, -0.1) is 0 Å². The Hall–Kier alpha value is -2.78. The van der Waals surface area contributed by atoms with Crippen LogP contribution >= 0.6 is 11.8 Å². The number of ether oxygens (including phenoxy) is 4. The van der Waals surface area contributed by atoms with E-state index in [0.29, 0.717) is 23.5 Å². The van der Waals surface area contributed by atoms with Gasteiger partial charge in [-0.1, -0.05) is 23.9 Å². The summed E-state index contributed by atoms with van der Waals surface area (Å²) in [5.41, 5.74) is 2.31. The molecule has 3 aliphatic rings. The van der Waals surface area contributed by atoms with Gasteiger partial charge in [-0.3, -0.25) is 14.5 Å². The first-order chi connectivity index (χ1) is 15.4. The number of rotatable bonds is 7. The van der Waals surface area contributed by atoms with Crippen LogP contribution in [0.15, 0.2) is 46.0 Å². The van der Waals surface area contributed by atoms with Crippen LogP contribution in [-0.2, 0) is 35.2 Å². The number of hydrogen-bond acceptors (Lipinski definition) is 8. The second-order valence-corrected chi connectivity index (χ2v) is 8.88. The summed E-state index contributed by atoms with van der Waals surface area (Å²) in [6, 6.07) is 7.23. The fourth-order valence-corrected chi connectivity index (χ4v) is 5.46. The highest BCUT2D eigenvalue weighted by atomic mass is 32.2. The third-order valence-corrected chi connectivity index (χ3v) is 6.92. The molecule has 4 rings (SSSR count). The summed E-state index contributed by atoms with van der Waals surface area (Å²) in [6.07, 6.45) is 1.46. The smallest absolute Gasteiger partial charge is 0.356 e. The number of fused-ring (bicyclic) bond motifs is 1. The number of carbonyl (C=O) groups excluding carboxylic acids is 3. The van der Waals surface area contributed by atoms with Crippen molar-refractivity contribution in [3.05, 3.63) is 51.6 Å². The highest BCUT2D eigenvalue weighted by molar-refractivity contribution is 8.04. The first-order valence-corrected chi connectivity index (χ1v) is 11.3. The molecule has 9 heteroatoms. The molecule has 1 aromatic carbocycles. The fourth-order valence-electron chi connectivity index (χ4n) is 3.86. The second kappa shape index (κ2) is 9.38. The summed E-state index contributed by atoms with van der Waals surface area (Å²) in [5, 5.41) is -0.333. The van der Waals surface area contributed by atoms with Crippen LogP contribution < -0.4 is 4.74 Å². The minimum atomic E-state index is -0.550. The Kier molecular flexibility index (Phi) is 6.57. The maximum atomic E-state index is 13.1. The molecule has 0 aliphatic carbocycles. The van der Waals surface area contributed by atoms with Gasteiger partial charge in [-0.25, -0.2) is 4.79 Å². The number of benzene rings is 1. The summed E-state index contributed by atoms with van der Waals surface area (Å²) in [5.74, 6) is -0.510. The highest BCUT2D eigenvalue weighted by Gasteiger charge is 2.55. The van der Waals surface area contributed by atoms with E-state index >= 15 is 0 Å². The van der Waals surface area contributed by atoms with Crippen molar-refractivity contribution in [2.75, 3.05) is 20.3 Å². The summed E-state index contributed by atoms with van der Waals surface area (Å²) in [6.45, 7) is 3.84. The third-order valence-electron chi connectivity index (χ3n) is 5.54. The van der Waals surface area contributed by atoms with E-state index in [1.807, 2.05) is 12.1 Å². The van der Waals surface area contributed by atoms with E-state index < -0.39 is 11.9 Å². The lowest BCUT2D eigenvalue weighted by Crippen LogP contribution is -2.52. The summed E-state index contributed by atoms with van der Waals surface area (Å²) < 4.78 is 21.6. The predicted molar refractivity (Wildman–Crippen MR) is 116 cm³/mol. The molecule has 0 bridgehead atoms. The lowest BCUT2D eigenvalue weighted by molar-refractivity contribution is -0.146. The Morgan fingerprint density at radius 2 is 1.94 bits per heavy atom. The molecular weight excluding hydrogens is 434 g/mol. The van der Waals surface area contributed by atoms with E-state index in [-0.39, 0.29) is 36.3 Å². The Labute approximate surface area is 190 Å². The number of esters is 2. The van der Waals surface area contributed by atoms with Crippen molar-refractivity contribution >= 4 is 29.6 Å². The minimum absolute atomic E-state index is 0.0494. The van der Waals surface area contributed by atoms with Crippen molar-refractivity contribution < 1.29 is 33.3 Å². The van der Waals surface area contributed by atoms with E-state index in [4.69, 9.17) is 18.9 Å². The van der Waals surface area contributed by atoms with Gasteiger partial charge >= 0.3 is 11.9 Å². The third kappa shape index (κ3) is 4.27. The number of β-lactam (4-membered cyclic amide) rings is 1. The average Bonchev–Trinajstić information content (AvgIpc) is 3.42. The van der Waals surface area contributed by atoms with E-state index in [0.717, 1.165) is 23.3 Å². The zero-order chi connectivity index (χ0) is 22.8. The van der Waals surface area contributed by atoms with Crippen molar-refractivity contribution in [3.8, 4) is 5.75 Å². The molecule has 3 aliphatic heterocycles. The van der Waals surface area contributed by atoms with Gasteiger partial charge in [0.15, 0.2) is 0 Å². The first-order valence-electron chi connectivity index (χ1n) is 10.4. The second-order valence-electron chi connectivity index (χ2n) is 7.76. The molecule has 2 saturated heterocycles. The summed E-state index contributed by atoms with van der Waals surface area (Å²) in [7, 11) is 1.59. The van der Waals surface area contributed by atoms with E-state index in [1.165, 1.54) is 23.6 Å². The lowest BCUT2D eigenvalue weighted by atomic mass is 9.99. The van der Waals surface area contributed by atoms with Gasteiger partial charge in [-0.2, -0.15) is 0 Å². The molecule has 0 unspecified atom stereocenters. The van der Waals surface area contributed by atoms with Gasteiger partial charge in [0.05, 0.1) is 18.8 Å². The quantitative estimate of drug-likeness (QED) is 0.349. The minimum Gasteiger partial charge on any atom is -0.497 e. The SMILES string of the molecule is COc1ccc(COC(=O)C2=C([C@@H]3CCCO3)S[C@@H]3C(=C(C)COC(C)=O)C(=O)N23)cc1. The van der Waals surface area contributed by atoms with Crippen LogP contribution in [0.5, 0.6) is 5.75 Å². The molecule has 0 radical (unpaired) electrons. The monoisotopic (exact) mass is 459 g/mol. The van der Waals surface area contributed by atoms with Gasteiger partial charge in [-0.05, 0) is 43.0 Å². The van der Waals surface area contributed by atoms with Gasteiger partial charge in [0, 0.05) is 18.4 Å². The average molecular weight is 460 g/mol. The van der Waals surface area contributed by atoms with Gasteiger partial charge in [0.2, 0.25) is 0 Å². The number of methoxy groups -OCH3 is 1. The number of thioether (sulfide) groups is 1. The van der Waals surface area contributed by atoms with Crippen LogP contribution in [0, 0.1) is 0 Å². The van der Waals surface area contributed by atoms with Crippen molar-refractivity contribution in [3.63, 3.8) is 0 Å². The van der Waals surface area contributed by atoms with Crippen LogP contribution in [0.3, 0.4) is 0 Å². The Morgan fingerprint density at radius 3 is 2.56 bits per heavy atom. The van der Waals surface area contributed by atoms with Crippen molar-refractivity contribution in [1.82, 2.24) is 4.90 Å². The summed E-state index contributed by atoms with van der Waals surface area (Å²) >= 11 is 1.44. The number of hydrogen-bond donors (Lipinski definition) is 0. The molecule has 1 aromatic rings. The molecule has 0 spiro atoms. The molecule has 3 heterocycles.